The van der Waals surface area contributed by atoms with Gasteiger partial charge in [-0.25, -0.2) is 9.89 Å². The average Bonchev–Trinajstić information content (AvgIpc) is 2.25. The summed E-state index contributed by atoms with van der Waals surface area (Å²) in [6.45, 7) is 0.0882. The van der Waals surface area contributed by atoms with E-state index in [2.05, 4.69) is 10.4 Å². The van der Waals surface area contributed by atoms with Crippen molar-refractivity contribution >= 4 is 11.8 Å². The second kappa shape index (κ2) is 5.80. The molecule has 9 heteroatoms. The van der Waals surface area contributed by atoms with Gasteiger partial charge in [0.25, 0.3) is 5.56 Å². The van der Waals surface area contributed by atoms with Gasteiger partial charge < -0.3 is 15.2 Å². The van der Waals surface area contributed by atoms with E-state index < -0.39 is 23.3 Å². The summed E-state index contributed by atoms with van der Waals surface area (Å²) < 4.78 is 4.89. The highest BCUT2D eigenvalue weighted by Crippen LogP contribution is 1.98. The molecule has 1 rings (SSSR count). The summed E-state index contributed by atoms with van der Waals surface area (Å²) in [6.07, 6.45) is -0.800. The molecule has 1 heterocycles. The Morgan fingerprint density at radius 1 is 1.59 bits per heavy atom. The van der Waals surface area contributed by atoms with Crippen LogP contribution in [0.1, 0.15) is 6.42 Å². The molecule has 9 nitrogen and oxygen atoms in total. The van der Waals surface area contributed by atoms with Gasteiger partial charge in [0.05, 0.1) is 12.5 Å². The molecule has 0 saturated carbocycles. The molecule has 0 aliphatic rings. The van der Waals surface area contributed by atoms with Crippen LogP contribution < -0.4 is 16.6 Å². The van der Waals surface area contributed by atoms with Gasteiger partial charge in [-0.15, -0.1) is 5.10 Å². The highest BCUT2D eigenvalue weighted by atomic mass is 16.5. The maximum atomic E-state index is 11.2. The quantitative estimate of drug-likeness (QED) is 0.471. The Morgan fingerprint density at radius 2 is 2.29 bits per heavy atom. The Morgan fingerprint density at radius 3 is 2.82 bits per heavy atom. The number of anilines is 1. The van der Waals surface area contributed by atoms with Crippen molar-refractivity contribution in [1.82, 2.24) is 15.2 Å². The molecule has 0 bridgehead atoms. The molecular weight excluding hydrogens is 232 g/mol. The van der Waals surface area contributed by atoms with Crippen molar-refractivity contribution in [2.75, 3.05) is 19.0 Å². The van der Waals surface area contributed by atoms with Crippen LogP contribution in [0.4, 0.5) is 5.82 Å². The number of carboxylic acid groups (broad SMARTS) is 1. The molecule has 0 aromatic carbocycles. The molecule has 0 saturated heterocycles. The van der Waals surface area contributed by atoms with E-state index in [4.69, 9.17) is 9.84 Å². The SMILES string of the molecule is COC(CNc1n[nH]c(=O)[nH]c1=O)CC(=O)O. The van der Waals surface area contributed by atoms with Crippen LogP contribution in [0.15, 0.2) is 9.59 Å². The topological polar surface area (TPSA) is 137 Å². The van der Waals surface area contributed by atoms with E-state index in [-0.39, 0.29) is 18.8 Å². The van der Waals surface area contributed by atoms with Crippen molar-refractivity contribution in [3.8, 4) is 0 Å². The summed E-state index contributed by atoms with van der Waals surface area (Å²) >= 11 is 0. The molecule has 0 radical (unpaired) electrons. The van der Waals surface area contributed by atoms with Gasteiger partial charge in [-0.1, -0.05) is 0 Å². The number of nitrogens with zero attached hydrogens (tertiary/aromatic N) is 1. The Balaban J connectivity index is 2.62. The van der Waals surface area contributed by atoms with Crippen molar-refractivity contribution in [3.05, 3.63) is 20.8 Å². The van der Waals surface area contributed by atoms with Gasteiger partial charge in [-0.3, -0.25) is 14.6 Å². The van der Waals surface area contributed by atoms with Crippen LogP contribution in [0.5, 0.6) is 0 Å². The smallest absolute Gasteiger partial charge is 0.342 e. The normalized spacial score (nSPS) is 12.1. The fourth-order valence-electron chi connectivity index (χ4n) is 1.11. The van der Waals surface area contributed by atoms with Crippen LogP contribution in [0, 0.1) is 0 Å². The van der Waals surface area contributed by atoms with E-state index in [0.29, 0.717) is 0 Å². The maximum Gasteiger partial charge on any atom is 0.342 e. The van der Waals surface area contributed by atoms with Gasteiger partial charge >= 0.3 is 11.7 Å². The van der Waals surface area contributed by atoms with E-state index >= 15 is 0 Å². The lowest BCUT2D eigenvalue weighted by atomic mass is 10.2. The van der Waals surface area contributed by atoms with E-state index in [1.807, 2.05) is 10.1 Å². The predicted molar refractivity (Wildman–Crippen MR) is 57.0 cm³/mol. The Kier molecular flexibility index (Phi) is 4.40. The van der Waals surface area contributed by atoms with Crippen molar-refractivity contribution in [2.45, 2.75) is 12.5 Å². The van der Waals surface area contributed by atoms with E-state index in [9.17, 15) is 14.4 Å². The zero-order valence-electron chi connectivity index (χ0n) is 9.02. The molecule has 1 unspecified atom stereocenters. The molecule has 0 aliphatic carbocycles. The third kappa shape index (κ3) is 4.07. The first kappa shape index (κ1) is 12.9. The second-order valence-electron chi connectivity index (χ2n) is 3.19. The number of aliphatic carboxylic acids is 1. The first-order valence-electron chi connectivity index (χ1n) is 4.70. The summed E-state index contributed by atoms with van der Waals surface area (Å²) in [5, 5.41) is 16.7. The fourth-order valence-corrected chi connectivity index (χ4v) is 1.11. The number of carboxylic acids is 1. The zero-order valence-corrected chi connectivity index (χ0v) is 9.02. The zero-order chi connectivity index (χ0) is 12.8. The number of ether oxygens (including phenoxy) is 1. The van der Waals surface area contributed by atoms with Crippen molar-refractivity contribution in [3.63, 3.8) is 0 Å². The van der Waals surface area contributed by atoms with Crippen LogP contribution in [0.3, 0.4) is 0 Å². The number of H-pyrrole nitrogens is 2. The fraction of sp³-hybridized carbons (Fsp3) is 0.500. The van der Waals surface area contributed by atoms with Crippen molar-refractivity contribution in [2.24, 2.45) is 0 Å². The van der Waals surface area contributed by atoms with E-state index in [1.165, 1.54) is 7.11 Å². The summed E-state index contributed by atoms with van der Waals surface area (Å²) in [5.41, 5.74) is -1.40. The van der Waals surface area contributed by atoms with Crippen LogP contribution in [-0.4, -0.2) is 46.0 Å². The molecule has 0 spiro atoms. The Hall–Kier alpha value is -2.16. The largest absolute Gasteiger partial charge is 0.481 e. The monoisotopic (exact) mass is 244 g/mol. The van der Waals surface area contributed by atoms with E-state index in [1.54, 1.807) is 0 Å². The standard InChI is InChI=1S/C8H12N4O5/c1-17-4(2-5(13)14)3-9-6-7(15)10-8(16)12-11-6/h4H,2-3H2,1H3,(H,9,11)(H,13,14)(H2,10,12,15,16). The average molecular weight is 244 g/mol. The second-order valence-corrected chi connectivity index (χ2v) is 3.19. The molecular formula is C8H12N4O5. The number of aromatic amines is 2. The van der Waals surface area contributed by atoms with Crippen LogP contribution in [-0.2, 0) is 9.53 Å². The van der Waals surface area contributed by atoms with Gasteiger partial charge in [0.15, 0.2) is 0 Å². The lowest BCUT2D eigenvalue weighted by molar-refractivity contribution is -0.139. The van der Waals surface area contributed by atoms with Gasteiger partial charge in [0.1, 0.15) is 0 Å². The minimum Gasteiger partial charge on any atom is -0.481 e. The first-order chi connectivity index (χ1) is 8.02. The van der Waals surface area contributed by atoms with Gasteiger partial charge in [0.2, 0.25) is 5.82 Å². The molecule has 17 heavy (non-hydrogen) atoms. The number of aromatic nitrogens is 3. The third-order valence-electron chi connectivity index (χ3n) is 1.94. The van der Waals surface area contributed by atoms with Crippen LogP contribution in [0.25, 0.3) is 0 Å². The highest BCUT2D eigenvalue weighted by Gasteiger charge is 2.13. The van der Waals surface area contributed by atoms with Gasteiger partial charge in [-0.05, 0) is 0 Å². The van der Waals surface area contributed by atoms with Crippen molar-refractivity contribution in [1.29, 1.82) is 0 Å². The minimum absolute atomic E-state index is 0.0882. The molecule has 94 valence electrons. The molecule has 1 atom stereocenters. The number of hydrogen-bond acceptors (Lipinski definition) is 6. The maximum absolute atomic E-state index is 11.2. The summed E-state index contributed by atoms with van der Waals surface area (Å²) in [7, 11) is 1.36. The van der Waals surface area contributed by atoms with E-state index in [0.717, 1.165) is 0 Å². The number of rotatable bonds is 6. The number of nitrogens with one attached hydrogen (secondary N) is 3. The van der Waals surface area contributed by atoms with Crippen molar-refractivity contribution < 1.29 is 14.6 Å². The molecule has 0 fully saturated rings. The molecule has 4 N–H and O–H groups in total. The lowest BCUT2D eigenvalue weighted by Crippen LogP contribution is -2.31. The number of carbonyl (C=O) groups is 1. The Labute approximate surface area is 94.8 Å². The van der Waals surface area contributed by atoms with Gasteiger partial charge in [0, 0.05) is 13.7 Å². The summed E-state index contributed by atoms with van der Waals surface area (Å²) in [6, 6.07) is 0. The summed E-state index contributed by atoms with van der Waals surface area (Å²) in [5.74, 6) is -1.11. The third-order valence-corrected chi connectivity index (χ3v) is 1.94. The molecule has 0 amide bonds. The van der Waals surface area contributed by atoms with Crippen LogP contribution in [0.2, 0.25) is 0 Å². The predicted octanol–water partition coefficient (Wildman–Crippen LogP) is -1.64. The minimum atomic E-state index is -1.01. The number of hydrogen-bond donors (Lipinski definition) is 4. The number of methoxy groups -OCH3 is 1. The molecule has 0 aliphatic heterocycles. The lowest BCUT2D eigenvalue weighted by Gasteiger charge is -2.13. The Bertz CT molecular complexity index is 493. The molecule has 1 aromatic heterocycles. The molecule has 1 aromatic rings. The summed E-state index contributed by atoms with van der Waals surface area (Å²) in [4.78, 5) is 34.3. The van der Waals surface area contributed by atoms with Crippen LogP contribution >= 0.6 is 0 Å². The van der Waals surface area contributed by atoms with Gasteiger partial charge in [-0.2, -0.15) is 0 Å². The highest BCUT2D eigenvalue weighted by molar-refractivity contribution is 5.67. The first-order valence-corrected chi connectivity index (χ1v) is 4.70.